The van der Waals surface area contributed by atoms with Crippen molar-refractivity contribution in [3.63, 3.8) is 0 Å². The van der Waals surface area contributed by atoms with E-state index in [-0.39, 0.29) is 5.91 Å². The van der Waals surface area contributed by atoms with Gasteiger partial charge < -0.3 is 4.90 Å². The Bertz CT molecular complexity index is 1260. The molecular weight excluding hydrogens is 464 g/mol. The zero-order chi connectivity index (χ0) is 23.9. The average molecular weight is 491 g/mol. The smallest absolute Gasteiger partial charge is 0.253 e. The molecule has 1 amide bonds. The Balaban J connectivity index is 1.59. The van der Waals surface area contributed by atoms with E-state index in [2.05, 4.69) is 33.8 Å². The molecule has 4 rings (SSSR count). The SMILES string of the molecule is CCCN(C)C(=O)c1cccc(CSc2nnc(Cc3ccccc3)n2-c2cccc(Cl)c2)c1. The maximum absolute atomic E-state index is 12.7. The van der Waals surface area contributed by atoms with Crippen molar-refractivity contribution < 1.29 is 4.79 Å². The fraction of sp³-hybridized carbons (Fsp3) is 0.222. The summed E-state index contributed by atoms with van der Waals surface area (Å²) < 4.78 is 2.06. The minimum absolute atomic E-state index is 0.0425. The molecular formula is C27H27ClN4OS. The van der Waals surface area contributed by atoms with Gasteiger partial charge in [-0.2, -0.15) is 0 Å². The van der Waals surface area contributed by atoms with Crippen molar-refractivity contribution in [3.05, 3.63) is 106 Å². The van der Waals surface area contributed by atoms with Gasteiger partial charge in [0.1, 0.15) is 5.82 Å². The van der Waals surface area contributed by atoms with Gasteiger partial charge in [-0.05, 0) is 47.9 Å². The lowest BCUT2D eigenvalue weighted by molar-refractivity contribution is 0.0795. The highest BCUT2D eigenvalue weighted by molar-refractivity contribution is 7.98. The summed E-state index contributed by atoms with van der Waals surface area (Å²) in [7, 11) is 1.84. The fourth-order valence-electron chi connectivity index (χ4n) is 3.76. The average Bonchev–Trinajstić information content (AvgIpc) is 3.25. The van der Waals surface area contributed by atoms with Crippen LogP contribution in [0.3, 0.4) is 0 Å². The normalized spacial score (nSPS) is 10.9. The Labute approximate surface area is 209 Å². The number of aromatic nitrogens is 3. The zero-order valence-corrected chi connectivity index (χ0v) is 20.9. The number of hydrogen-bond acceptors (Lipinski definition) is 4. The van der Waals surface area contributed by atoms with Crippen LogP contribution in [-0.2, 0) is 12.2 Å². The van der Waals surface area contributed by atoms with Gasteiger partial charge in [-0.25, -0.2) is 0 Å². The first-order chi connectivity index (χ1) is 16.5. The number of benzene rings is 3. The van der Waals surface area contributed by atoms with E-state index < -0.39 is 0 Å². The molecule has 4 aromatic rings. The van der Waals surface area contributed by atoms with Crippen LogP contribution in [0.1, 0.15) is 40.7 Å². The first-order valence-electron chi connectivity index (χ1n) is 11.3. The van der Waals surface area contributed by atoms with Crippen molar-refractivity contribution in [1.29, 1.82) is 0 Å². The lowest BCUT2D eigenvalue weighted by Gasteiger charge is -2.16. The second-order valence-electron chi connectivity index (χ2n) is 8.09. The molecule has 0 radical (unpaired) electrons. The summed E-state index contributed by atoms with van der Waals surface area (Å²) in [5.74, 6) is 1.56. The first-order valence-corrected chi connectivity index (χ1v) is 12.6. The Hall–Kier alpha value is -3.09. The summed E-state index contributed by atoms with van der Waals surface area (Å²) in [6.07, 6.45) is 1.59. The number of carbonyl (C=O) groups is 1. The van der Waals surface area contributed by atoms with Gasteiger partial charge in [-0.15, -0.1) is 10.2 Å². The van der Waals surface area contributed by atoms with Gasteiger partial charge in [-0.1, -0.05) is 78.8 Å². The standard InChI is InChI=1S/C27H27ClN4OS/c1-3-15-31(2)26(33)22-12-7-11-21(16-22)19-34-27-30-29-25(17-20-9-5-4-6-10-20)32(27)24-14-8-13-23(28)18-24/h4-14,16,18H,3,15,17,19H2,1-2H3. The highest BCUT2D eigenvalue weighted by Crippen LogP contribution is 2.28. The molecule has 7 heteroatoms. The zero-order valence-electron chi connectivity index (χ0n) is 19.3. The van der Waals surface area contributed by atoms with Gasteiger partial charge in [-0.3, -0.25) is 9.36 Å². The minimum Gasteiger partial charge on any atom is -0.342 e. The Morgan fingerprint density at radius 2 is 1.74 bits per heavy atom. The van der Waals surface area contributed by atoms with Gasteiger partial charge >= 0.3 is 0 Å². The van der Waals surface area contributed by atoms with Crippen molar-refractivity contribution in [1.82, 2.24) is 19.7 Å². The summed E-state index contributed by atoms with van der Waals surface area (Å²) >= 11 is 7.89. The van der Waals surface area contributed by atoms with Crippen LogP contribution in [0.4, 0.5) is 0 Å². The minimum atomic E-state index is 0.0425. The van der Waals surface area contributed by atoms with E-state index in [0.29, 0.717) is 22.8 Å². The Morgan fingerprint density at radius 3 is 2.50 bits per heavy atom. The molecule has 34 heavy (non-hydrogen) atoms. The molecule has 5 nitrogen and oxygen atoms in total. The third-order valence-electron chi connectivity index (χ3n) is 5.42. The van der Waals surface area contributed by atoms with E-state index in [4.69, 9.17) is 11.6 Å². The van der Waals surface area contributed by atoms with Crippen molar-refractivity contribution in [2.24, 2.45) is 0 Å². The topological polar surface area (TPSA) is 51.0 Å². The van der Waals surface area contributed by atoms with Crippen LogP contribution in [0.25, 0.3) is 5.69 Å². The predicted octanol–water partition coefficient (Wildman–Crippen LogP) is 6.29. The van der Waals surface area contributed by atoms with Crippen molar-refractivity contribution >= 4 is 29.3 Å². The lowest BCUT2D eigenvalue weighted by Crippen LogP contribution is -2.27. The van der Waals surface area contributed by atoms with Crippen LogP contribution >= 0.6 is 23.4 Å². The largest absolute Gasteiger partial charge is 0.342 e. The van der Waals surface area contributed by atoms with E-state index in [0.717, 1.165) is 40.8 Å². The molecule has 174 valence electrons. The molecule has 3 aromatic carbocycles. The quantitative estimate of drug-likeness (QED) is 0.259. The van der Waals surface area contributed by atoms with E-state index in [9.17, 15) is 4.79 Å². The number of halogens is 1. The third-order valence-corrected chi connectivity index (χ3v) is 6.65. The van der Waals surface area contributed by atoms with E-state index in [1.54, 1.807) is 16.7 Å². The van der Waals surface area contributed by atoms with Gasteiger partial charge in [0, 0.05) is 36.4 Å². The Morgan fingerprint density at radius 1 is 0.971 bits per heavy atom. The van der Waals surface area contributed by atoms with Crippen LogP contribution in [0.2, 0.25) is 5.02 Å². The van der Waals surface area contributed by atoms with E-state index in [1.165, 1.54) is 0 Å². The number of amides is 1. The summed E-state index contributed by atoms with van der Waals surface area (Å²) in [5.41, 5.74) is 3.86. The molecule has 0 N–H and O–H groups in total. The Kier molecular flexibility index (Phi) is 8.03. The first kappa shape index (κ1) is 24.0. The number of carbonyl (C=O) groups excluding carboxylic acids is 1. The van der Waals surface area contributed by atoms with Gasteiger partial charge in [0.15, 0.2) is 5.16 Å². The van der Waals surface area contributed by atoms with Crippen molar-refractivity contribution in [2.75, 3.05) is 13.6 Å². The summed E-state index contributed by atoms with van der Waals surface area (Å²) in [5, 5.41) is 10.5. The molecule has 0 saturated heterocycles. The maximum atomic E-state index is 12.7. The van der Waals surface area contributed by atoms with Crippen LogP contribution in [-0.4, -0.2) is 39.2 Å². The molecule has 0 fully saturated rings. The number of thioether (sulfide) groups is 1. The number of rotatable bonds is 9. The van der Waals surface area contributed by atoms with Crippen LogP contribution in [0, 0.1) is 0 Å². The summed E-state index contributed by atoms with van der Waals surface area (Å²) in [4.78, 5) is 14.5. The fourth-order valence-corrected chi connectivity index (χ4v) is 4.86. The highest BCUT2D eigenvalue weighted by atomic mass is 35.5. The second-order valence-corrected chi connectivity index (χ2v) is 9.47. The lowest BCUT2D eigenvalue weighted by atomic mass is 10.1. The van der Waals surface area contributed by atoms with Crippen LogP contribution in [0.5, 0.6) is 0 Å². The highest BCUT2D eigenvalue weighted by Gasteiger charge is 2.16. The molecule has 1 aromatic heterocycles. The molecule has 0 aliphatic rings. The van der Waals surface area contributed by atoms with Crippen LogP contribution < -0.4 is 0 Å². The number of nitrogens with zero attached hydrogens (tertiary/aromatic N) is 4. The van der Waals surface area contributed by atoms with Gasteiger partial charge in [0.25, 0.3) is 5.91 Å². The maximum Gasteiger partial charge on any atom is 0.253 e. The second kappa shape index (κ2) is 11.4. The summed E-state index contributed by atoms with van der Waals surface area (Å²) in [6, 6.07) is 25.8. The van der Waals surface area contributed by atoms with Gasteiger partial charge in [0.05, 0.1) is 5.69 Å². The van der Waals surface area contributed by atoms with E-state index in [1.807, 2.05) is 73.8 Å². The third kappa shape index (κ3) is 5.88. The molecule has 0 bridgehead atoms. The van der Waals surface area contributed by atoms with Crippen molar-refractivity contribution in [2.45, 2.75) is 30.7 Å². The predicted molar refractivity (Wildman–Crippen MR) is 139 cm³/mol. The van der Waals surface area contributed by atoms with Crippen molar-refractivity contribution in [3.8, 4) is 5.69 Å². The number of hydrogen-bond donors (Lipinski definition) is 0. The molecule has 0 atom stereocenters. The summed E-state index contributed by atoms with van der Waals surface area (Å²) in [6.45, 7) is 2.81. The molecule has 0 aliphatic heterocycles. The van der Waals surface area contributed by atoms with E-state index >= 15 is 0 Å². The monoisotopic (exact) mass is 490 g/mol. The molecule has 1 heterocycles. The van der Waals surface area contributed by atoms with Gasteiger partial charge in [0.2, 0.25) is 0 Å². The molecule has 0 saturated carbocycles. The van der Waals surface area contributed by atoms with Crippen LogP contribution in [0.15, 0.2) is 84.0 Å². The molecule has 0 unspecified atom stereocenters. The molecule has 0 spiro atoms. The molecule has 0 aliphatic carbocycles.